The number of hydrogen-bond donors (Lipinski definition) is 0. The van der Waals surface area contributed by atoms with Crippen molar-refractivity contribution in [1.82, 2.24) is 0 Å². The number of sulfone groups is 2. The summed E-state index contributed by atoms with van der Waals surface area (Å²) >= 11 is 0. The molecule has 0 N–H and O–H groups in total. The maximum atomic E-state index is 12.9. The van der Waals surface area contributed by atoms with Gasteiger partial charge >= 0.3 is 0 Å². The number of hydrogen-bond acceptors (Lipinski definition) is 6. The molecule has 0 atom stereocenters. The van der Waals surface area contributed by atoms with Crippen molar-refractivity contribution < 1.29 is 26.4 Å². The maximum Gasteiger partial charge on any atom is 0.210 e. The van der Waals surface area contributed by atoms with Crippen LogP contribution in [0.1, 0.15) is 25.0 Å². The average Bonchev–Trinajstić information content (AvgIpc) is 2.83. The molecule has 0 saturated carbocycles. The lowest BCUT2D eigenvalue weighted by Gasteiger charge is -2.17. The fourth-order valence-corrected chi connectivity index (χ4v) is 4.21. The van der Waals surface area contributed by atoms with Gasteiger partial charge in [0.2, 0.25) is 5.78 Å². The van der Waals surface area contributed by atoms with Crippen molar-refractivity contribution >= 4 is 36.8 Å². The third-order valence-electron chi connectivity index (χ3n) is 4.47. The first kappa shape index (κ1) is 20.3. The molecule has 1 aliphatic rings. The van der Waals surface area contributed by atoms with Gasteiger partial charge in [-0.25, -0.2) is 16.8 Å². The van der Waals surface area contributed by atoms with Crippen molar-refractivity contribution in [2.75, 3.05) is 12.5 Å². The zero-order chi connectivity index (χ0) is 20.9. The second kappa shape index (κ2) is 6.56. The molecule has 0 spiro atoms. The zero-order valence-electron chi connectivity index (χ0n) is 15.9. The molecule has 0 fully saturated rings. The summed E-state index contributed by atoms with van der Waals surface area (Å²) in [6, 6.07) is 12.1. The van der Waals surface area contributed by atoms with E-state index in [1.807, 2.05) is 0 Å². The Morgan fingerprint density at radius 3 is 1.50 bits per heavy atom. The standard InChI is InChI=1S/C20H20O6S2/c1-20(2)19(21)17(13-5-9-15(10-6-13)27(3,22)23)18(26-20)14-7-11-16(12-8-14)28(4,24)25/h5-12H,1-4H3. The Bertz CT molecular complexity index is 1180. The summed E-state index contributed by atoms with van der Waals surface area (Å²) in [6.07, 6.45) is 2.23. The molecule has 3 rings (SSSR count). The highest BCUT2D eigenvalue weighted by Gasteiger charge is 2.42. The van der Waals surface area contributed by atoms with Gasteiger partial charge in [0.1, 0.15) is 5.76 Å². The predicted octanol–water partition coefficient (Wildman–Crippen LogP) is 2.74. The van der Waals surface area contributed by atoms with E-state index in [0.717, 1.165) is 12.5 Å². The van der Waals surface area contributed by atoms with Crippen molar-refractivity contribution in [2.45, 2.75) is 29.2 Å². The fourth-order valence-electron chi connectivity index (χ4n) is 2.94. The lowest BCUT2D eigenvalue weighted by atomic mass is 9.93. The maximum absolute atomic E-state index is 12.9. The van der Waals surface area contributed by atoms with E-state index in [2.05, 4.69) is 0 Å². The number of benzene rings is 2. The van der Waals surface area contributed by atoms with Gasteiger partial charge in [-0.05, 0) is 55.8 Å². The van der Waals surface area contributed by atoms with Crippen molar-refractivity contribution in [3.8, 4) is 0 Å². The summed E-state index contributed by atoms with van der Waals surface area (Å²) in [6.45, 7) is 3.30. The number of carbonyl (C=O) groups is 1. The zero-order valence-corrected chi connectivity index (χ0v) is 17.5. The van der Waals surface area contributed by atoms with Gasteiger partial charge < -0.3 is 4.74 Å². The van der Waals surface area contributed by atoms with Crippen LogP contribution in [-0.2, 0) is 29.2 Å². The Hall–Kier alpha value is -2.45. The topological polar surface area (TPSA) is 94.6 Å². The number of carbonyl (C=O) groups excluding carboxylic acids is 1. The minimum Gasteiger partial charge on any atom is -0.478 e. The minimum atomic E-state index is -3.35. The van der Waals surface area contributed by atoms with Crippen LogP contribution in [0.15, 0.2) is 58.3 Å². The quantitative estimate of drug-likeness (QED) is 0.755. The third-order valence-corrected chi connectivity index (χ3v) is 6.73. The van der Waals surface area contributed by atoms with Crippen molar-refractivity contribution in [3.63, 3.8) is 0 Å². The van der Waals surface area contributed by atoms with E-state index in [9.17, 15) is 21.6 Å². The van der Waals surface area contributed by atoms with Gasteiger partial charge in [0.15, 0.2) is 25.3 Å². The molecule has 0 unspecified atom stereocenters. The predicted molar refractivity (Wildman–Crippen MR) is 106 cm³/mol. The van der Waals surface area contributed by atoms with Crippen molar-refractivity contribution in [3.05, 3.63) is 59.7 Å². The normalized spacial score (nSPS) is 16.9. The molecule has 2 aromatic carbocycles. The Balaban J connectivity index is 2.14. The largest absolute Gasteiger partial charge is 0.478 e. The highest BCUT2D eigenvalue weighted by molar-refractivity contribution is 7.91. The molecule has 8 heteroatoms. The van der Waals surface area contributed by atoms with Crippen LogP contribution in [-0.4, -0.2) is 40.7 Å². The van der Waals surface area contributed by atoms with Crippen molar-refractivity contribution in [2.24, 2.45) is 0 Å². The first-order valence-electron chi connectivity index (χ1n) is 8.40. The Kier molecular flexibility index (Phi) is 4.75. The van der Waals surface area contributed by atoms with Gasteiger partial charge in [-0.2, -0.15) is 0 Å². The molecule has 0 saturated heterocycles. The number of Topliss-reactive ketones (excluding diaryl/α,β-unsaturated/α-hetero) is 1. The van der Waals surface area contributed by atoms with Crippen LogP contribution < -0.4 is 0 Å². The van der Waals surface area contributed by atoms with Crippen LogP contribution in [0.25, 0.3) is 11.3 Å². The monoisotopic (exact) mass is 420 g/mol. The summed E-state index contributed by atoms with van der Waals surface area (Å²) in [4.78, 5) is 13.2. The number of rotatable bonds is 4. The summed E-state index contributed by atoms with van der Waals surface area (Å²) in [5.41, 5.74) is 0.339. The Labute approximate surface area is 164 Å². The molecule has 6 nitrogen and oxygen atoms in total. The van der Waals surface area contributed by atoms with Crippen LogP contribution >= 0.6 is 0 Å². The van der Waals surface area contributed by atoms with E-state index in [4.69, 9.17) is 4.74 Å². The van der Waals surface area contributed by atoms with E-state index in [-0.39, 0.29) is 15.6 Å². The fraction of sp³-hybridized carbons (Fsp3) is 0.250. The molecule has 28 heavy (non-hydrogen) atoms. The van der Waals surface area contributed by atoms with Crippen LogP contribution in [0.3, 0.4) is 0 Å². The van der Waals surface area contributed by atoms with Crippen molar-refractivity contribution in [1.29, 1.82) is 0 Å². The molecule has 0 bridgehead atoms. The summed E-state index contributed by atoms with van der Waals surface area (Å²) in [5.74, 6) is 0.101. The third kappa shape index (κ3) is 3.74. The minimum absolute atomic E-state index is 0.154. The molecular weight excluding hydrogens is 400 g/mol. The first-order chi connectivity index (χ1) is 12.8. The average molecular weight is 421 g/mol. The molecule has 2 aromatic rings. The van der Waals surface area contributed by atoms with Crippen LogP contribution in [0.4, 0.5) is 0 Å². The molecule has 1 heterocycles. The summed E-state index contributed by atoms with van der Waals surface area (Å²) < 4.78 is 52.6. The highest BCUT2D eigenvalue weighted by atomic mass is 32.2. The molecule has 1 aliphatic heterocycles. The lowest BCUT2D eigenvalue weighted by Crippen LogP contribution is -2.29. The highest BCUT2D eigenvalue weighted by Crippen LogP contribution is 2.41. The number of ketones is 1. The second-order valence-corrected chi connectivity index (χ2v) is 11.3. The number of ether oxygens (including phenoxy) is 1. The SMILES string of the molecule is CC1(C)OC(c2ccc(S(C)(=O)=O)cc2)=C(c2ccc(S(C)(=O)=O)cc2)C1=O. The molecule has 0 amide bonds. The first-order valence-corrected chi connectivity index (χ1v) is 12.2. The van der Waals surface area contributed by atoms with Gasteiger partial charge in [-0.15, -0.1) is 0 Å². The molecular formula is C20H20O6S2. The summed E-state index contributed by atoms with van der Waals surface area (Å²) in [5, 5.41) is 0. The van der Waals surface area contributed by atoms with Gasteiger partial charge in [0.05, 0.1) is 15.4 Å². The van der Waals surface area contributed by atoms with Crippen LogP contribution in [0.5, 0.6) is 0 Å². The summed E-state index contributed by atoms with van der Waals surface area (Å²) in [7, 11) is -6.69. The van der Waals surface area contributed by atoms with Crippen LogP contribution in [0, 0.1) is 0 Å². The van der Waals surface area contributed by atoms with E-state index in [1.54, 1.807) is 38.1 Å². The smallest absolute Gasteiger partial charge is 0.210 e. The van der Waals surface area contributed by atoms with Crippen LogP contribution in [0.2, 0.25) is 0 Å². The Morgan fingerprint density at radius 2 is 1.11 bits per heavy atom. The van der Waals surface area contributed by atoms with Gasteiger partial charge in [0, 0.05) is 18.1 Å². The Morgan fingerprint density at radius 1 is 0.714 bits per heavy atom. The van der Waals surface area contributed by atoms with Gasteiger partial charge in [-0.1, -0.05) is 12.1 Å². The van der Waals surface area contributed by atoms with Gasteiger partial charge in [-0.3, -0.25) is 4.79 Å². The van der Waals surface area contributed by atoms with Gasteiger partial charge in [0.25, 0.3) is 0 Å². The second-order valence-electron chi connectivity index (χ2n) is 7.24. The molecule has 0 aromatic heterocycles. The van der Waals surface area contributed by atoms with E-state index in [0.29, 0.717) is 22.5 Å². The van der Waals surface area contributed by atoms with E-state index < -0.39 is 25.3 Å². The molecule has 0 aliphatic carbocycles. The van der Waals surface area contributed by atoms with E-state index in [1.165, 1.54) is 24.3 Å². The molecule has 0 radical (unpaired) electrons. The van der Waals surface area contributed by atoms with E-state index >= 15 is 0 Å². The lowest BCUT2D eigenvalue weighted by molar-refractivity contribution is -0.125. The molecule has 148 valence electrons.